The first-order valence-corrected chi connectivity index (χ1v) is 20.6. The van der Waals surface area contributed by atoms with Gasteiger partial charge in [-0.1, -0.05) is 142 Å². The first-order valence-electron chi connectivity index (χ1n) is 20.6. The SMILES string of the molecule is CCCCCCCCC/C=C/CCCC(O)C(O)C(COC1OC(CO)C(O)C(O)C1O)NC(=O)C(O)CCCCCCCCCCCCCC. The van der Waals surface area contributed by atoms with Gasteiger partial charge in [-0.15, -0.1) is 0 Å². The minimum atomic E-state index is -1.66. The van der Waals surface area contributed by atoms with Crippen molar-refractivity contribution in [2.75, 3.05) is 13.2 Å². The van der Waals surface area contributed by atoms with E-state index in [9.17, 15) is 40.5 Å². The molecule has 0 aromatic carbocycles. The number of aliphatic hydroxyl groups excluding tert-OH is 7. The molecule has 1 fully saturated rings. The van der Waals surface area contributed by atoms with E-state index in [1.165, 1.54) is 89.9 Å². The Bertz CT molecular complexity index is 846. The highest BCUT2D eigenvalue weighted by atomic mass is 16.7. The lowest BCUT2D eigenvalue weighted by molar-refractivity contribution is -0.303. The summed E-state index contributed by atoms with van der Waals surface area (Å²) in [6.45, 7) is 3.38. The van der Waals surface area contributed by atoms with E-state index in [1.54, 1.807) is 0 Å². The molecule has 302 valence electrons. The first-order chi connectivity index (χ1) is 24.7. The van der Waals surface area contributed by atoms with Crippen LogP contribution in [0.5, 0.6) is 0 Å². The molecule has 11 nitrogen and oxygen atoms in total. The third-order valence-corrected chi connectivity index (χ3v) is 10.1. The van der Waals surface area contributed by atoms with E-state index >= 15 is 0 Å². The summed E-state index contributed by atoms with van der Waals surface area (Å²) in [5.74, 6) is -0.708. The van der Waals surface area contributed by atoms with Crippen LogP contribution in [0, 0.1) is 0 Å². The smallest absolute Gasteiger partial charge is 0.249 e. The molecule has 1 amide bonds. The van der Waals surface area contributed by atoms with E-state index in [0.29, 0.717) is 12.8 Å². The Morgan fingerprint density at radius 1 is 0.667 bits per heavy atom. The van der Waals surface area contributed by atoms with Crippen molar-refractivity contribution >= 4 is 5.91 Å². The molecule has 0 aliphatic carbocycles. The van der Waals surface area contributed by atoms with E-state index in [0.717, 1.165) is 38.5 Å². The Hall–Kier alpha value is -1.15. The molecule has 1 rings (SSSR count). The Kier molecular flexibility index (Phi) is 29.3. The quantitative estimate of drug-likeness (QED) is 0.0324. The Morgan fingerprint density at radius 3 is 1.69 bits per heavy atom. The van der Waals surface area contributed by atoms with Crippen molar-refractivity contribution in [2.24, 2.45) is 0 Å². The van der Waals surface area contributed by atoms with Gasteiger partial charge in [0.1, 0.15) is 36.6 Å². The molecule has 1 aliphatic heterocycles. The van der Waals surface area contributed by atoms with Crippen LogP contribution in [0.3, 0.4) is 0 Å². The Balaban J connectivity index is 2.56. The van der Waals surface area contributed by atoms with Crippen LogP contribution in [0.25, 0.3) is 0 Å². The molecule has 1 saturated heterocycles. The van der Waals surface area contributed by atoms with Gasteiger partial charge in [-0.25, -0.2) is 0 Å². The third kappa shape index (κ3) is 22.0. The number of rotatable bonds is 33. The fourth-order valence-corrected chi connectivity index (χ4v) is 6.56. The minimum Gasteiger partial charge on any atom is -0.394 e. The van der Waals surface area contributed by atoms with Crippen molar-refractivity contribution in [3.8, 4) is 0 Å². The summed E-state index contributed by atoms with van der Waals surface area (Å²) in [6.07, 6.45) is 18.4. The second-order valence-electron chi connectivity index (χ2n) is 14.7. The number of ether oxygens (including phenoxy) is 2. The monoisotopic (exact) mass is 732 g/mol. The Labute approximate surface area is 309 Å². The van der Waals surface area contributed by atoms with Crippen molar-refractivity contribution in [1.82, 2.24) is 5.32 Å². The largest absolute Gasteiger partial charge is 0.394 e. The van der Waals surface area contributed by atoms with E-state index in [-0.39, 0.29) is 12.8 Å². The number of unbranched alkanes of at least 4 members (excludes halogenated alkanes) is 19. The fourth-order valence-electron chi connectivity index (χ4n) is 6.56. The fraction of sp³-hybridized carbons (Fsp3) is 0.925. The molecule has 0 bridgehead atoms. The molecule has 0 spiro atoms. The van der Waals surface area contributed by atoms with Gasteiger partial charge in [0, 0.05) is 0 Å². The highest BCUT2D eigenvalue weighted by Gasteiger charge is 2.44. The summed E-state index contributed by atoms with van der Waals surface area (Å²) in [7, 11) is 0. The van der Waals surface area contributed by atoms with Gasteiger partial charge in [0.05, 0.1) is 25.4 Å². The zero-order valence-electron chi connectivity index (χ0n) is 32.1. The number of carbonyl (C=O) groups is 1. The van der Waals surface area contributed by atoms with E-state index in [1.807, 2.05) is 0 Å². The maximum atomic E-state index is 13.0. The lowest BCUT2D eigenvalue weighted by Gasteiger charge is -2.40. The summed E-state index contributed by atoms with van der Waals surface area (Å²) in [5, 5.41) is 75.2. The van der Waals surface area contributed by atoms with Crippen LogP contribution < -0.4 is 5.32 Å². The van der Waals surface area contributed by atoms with Crippen molar-refractivity contribution in [1.29, 1.82) is 0 Å². The van der Waals surface area contributed by atoms with Crippen LogP contribution in [0.2, 0.25) is 0 Å². The van der Waals surface area contributed by atoms with Crippen LogP contribution in [0.4, 0.5) is 0 Å². The highest BCUT2D eigenvalue weighted by molar-refractivity contribution is 5.80. The van der Waals surface area contributed by atoms with Crippen molar-refractivity contribution in [3.63, 3.8) is 0 Å². The van der Waals surface area contributed by atoms with Crippen molar-refractivity contribution in [2.45, 2.75) is 223 Å². The summed E-state index contributed by atoms with van der Waals surface area (Å²) in [4.78, 5) is 13.0. The third-order valence-electron chi connectivity index (χ3n) is 10.1. The van der Waals surface area contributed by atoms with Gasteiger partial charge < -0.3 is 50.5 Å². The Morgan fingerprint density at radius 2 is 1.16 bits per heavy atom. The summed E-state index contributed by atoms with van der Waals surface area (Å²) < 4.78 is 11.0. The lowest BCUT2D eigenvalue weighted by Crippen LogP contribution is -2.60. The molecular formula is C40H77NO10. The minimum absolute atomic E-state index is 0.257. The molecule has 8 N–H and O–H groups in total. The molecule has 1 heterocycles. The van der Waals surface area contributed by atoms with Gasteiger partial charge in [0.15, 0.2) is 6.29 Å². The topological polar surface area (TPSA) is 189 Å². The number of nitrogens with one attached hydrogen (secondary N) is 1. The second kappa shape index (κ2) is 31.2. The summed E-state index contributed by atoms with van der Waals surface area (Å²) >= 11 is 0. The number of amides is 1. The number of allylic oxidation sites excluding steroid dienone is 2. The van der Waals surface area contributed by atoms with Crippen molar-refractivity contribution < 1.29 is 50.0 Å². The number of hydrogen-bond acceptors (Lipinski definition) is 10. The maximum Gasteiger partial charge on any atom is 0.249 e. The number of carbonyl (C=O) groups excluding carboxylic acids is 1. The van der Waals surface area contributed by atoms with Crippen LogP contribution >= 0.6 is 0 Å². The summed E-state index contributed by atoms with van der Waals surface area (Å²) in [5.41, 5.74) is 0. The number of aliphatic hydroxyl groups is 7. The summed E-state index contributed by atoms with van der Waals surface area (Å²) in [6, 6.07) is -1.18. The van der Waals surface area contributed by atoms with E-state index in [4.69, 9.17) is 9.47 Å². The standard InChI is InChI=1S/C40H77NO10/c1-3-5-7-9-11-13-15-17-19-21-23-25-27-32(43)35(45)31(30-50-40-38(48)37(47)36(46)34(29-42)51-40)41-39(49)33(44)28-26-24-22-20-18-16-14-12-10-8-6-4-2/h19,21,31-38,40,42-48H,3-18,20,22-30H2,1-2H3,(H,41,49)/b21-19+. The molecule has 11 heteroatoms. The van der Waals surface area contributed by atoms with E-state index < -0.39 is 74.2 Å². The molecule has 9 unspecified atom stereocenters. The molecule has 0 saturated carbocycles. The van der Waals surface area contributed by atoms with Crippen LogP contribution in [0.1, 0.15) is 168 Å². The van der Waals surface area contributed by atoms with Gasteiger partial charge in [0.25, 0.3) is 0 Å². The molecular weight excluding hydrogens is 654 g/mol. The van der Waals surface area contributed by atoms with E-state index in [2.05, 4.69) is 31.3 Å². The average Bonchev–Trinajstić information content (AvgIpc) is 3.13. The predicted octanol–water partition coefficient (Wildman–Crippen LogP) is 5.33. The predicted molar refractivity (Wildman–Crippen MR) is 201 cm³/mol. The molecule has 1 aliphatic rings. The average molecular weight is 732 g/mol. The molecule has 51 heavy (non-hydrogen) atoms. The van der Waals surface area contributed by atoms with Gasteiger partial charge in [-0.05, 0) is 38.5 Å². The molecule has 0 aromatic rings. The zero-order chi connectivity index (χ0) is 37.7. The molecule has 0 radical (unpaired) electrons. The van der Waals surface area contributed by atoms with Crippen LogP contribution in [-0.4, -0.2) is 110 Å². The molecule has 0 aromatic heterocycles. The highest BCUT2D eigenvalue weighted by Crippen LogP contribution is 2.23. The van der Waals surface area contributed by atoms with Crippen LogP contribution in [-0.2, 0) is 14.3 Å². The van der Waals surface area contributed by atoms with Gasteiger partial charge in [0.2, 0.25) is 5.91 Å². The van der Waals surface area contributed by atoms with Gasteiger partial charge in [-0.2, -0.15) is 0 Å². The van der Waals surface area contributed by atoms with Crippen molar-refractivity contribution in [3.05, 3.63) is 12.2 Å². The zero-order valence-corrected chi connectivity index (χ0v) is 32.1. The van der Waals surface area contributed by atoms with Gasteiger partial charge >= 0.3 is 0 Å². The van der Waals surface area contributed by atoms with Gasteiger partial charge in [-0.3, -0.25) is 4.79 Å². The lowest BCUT2D eigenvalue weighted by atomic mass is 9.98. The molecule has 9 atom stereocenters. The first kappa shape index (κ1) is 47.9. The maximum absolute atomic E-state index is 13.0. The van der Waals surface area contributed by atoms with Crippen LogP contribution in [0.15, 0.2) is 12.2 Å². The normalized spacial score (nSPS) is 23.4. The second-order valence-corrected chi connectivity index (χ2v) is 14.7. The number of hydrogen-bond donors (Lipinski definition) is 8.